The molecule has 0 saturated carbocycles. The van der Waals surface area contributed by atoms with Gasteiger partial charge in [-0.05, 0) is 0 Å². The van der Waals surface area contributed by atoms with Crippen molar-refractivity contribution in [1.29, 1.82) is 0 Å². The van der Waals surface area contributed by atoms with Crippen LogP contribution < -0.4 is 17.0 Å². The van der Waals surface area contributed by atoms with Gasteiger partial charge in [-0.25, -0.2) is 15.0 Å². The molecule has 0 aliphatic carbocycles. The summed E-state index contributed by atoms with van der Waals surface area (Å²) in [6, 6.07) is 0. The monoisotopic (exact) mass is 435 g/mol. The molecule has 2 aromatic heterocycles. The summed E-state index contributed by atoms with van der Waals surface area (Å²) >= 11 is 0. The number of halogens is 2. The molecule has 0 fully saturated rings. The van der Waals surface area contributed by atoms with Gasteiger partial charge in [0.15, 0.2) is 5.78 Å². The molecule has 2 heterocycles. The number of carbonyl (C=O) groups excluding carboxylic acids is 2. The van der Waals surface area contributed by atoms with Crippen LogP contribution in [0, 0.1) is 7.43 Å². The van der Waals surface area contributed by atoms with E-state index >= 15 is 0 Å². The van der Waals surface area contributed by atoms with E-state index in [1.54, 1.807) is 49.1 Å². The van der Waals surface area contributed by atoms with Crippen molar-refractivity contribution >= 4 is 34.7 Å². The zero-order chi connectivity index (χ0) is 16.0. The first-order chi connectivity index (χ1) is 9.88. The van der Waals surface area contributed by atoms with E-state index < -0.39 is 0 Å². The largest absolute Gasteiger partial charge is 2.00 e. The molecule has 0 bridgehead atoms. The first kappa shape index (κ1) is 31.5. The number of ketones is 1. The van der Waals surface area contributed by atoms with Crippen LogP contribution in [0.15, 0.2) is 25.0 Å². The fourth-order valence-corrected chi connectivity index (χ4v) is 1.50. The Kier molecular flexibility index (Phi) is 18.9. The summed E-state index contributed by atoms with van der Waals surface area (Å²) < 4.78 is 3.33. The van der Waals surface area contributed by atoms with Crippen LogP contribution in [0.1, 0.15) is 29.3 Å². The Morgan fingerprint density at radius 2 is 1.52 bits per heavy atom. The molecule has 2 aromatic rings. The summed E-state index contributed by atoms with van der Waals surface area (Å²) in [5.74, 6) is -0.160. The number of aromatic nitrogens is 4. The predicted molar refractivity (Wildman–Crippen MR) is 92.3 cm³/mol. The molecule has 2 rings (SSSR count). The van der Waals surface area contributed by atoms with E-state index in [-0.39, 0.29) is 65.3 Å². The number of imidazole rings is 2. The molecule has 25 heavy (non-hydrogen) atoms. The summed E-state index contributed by atoms with van der Waals surface area (Å²) in [5.41, 5.74) is 1.15. The van der Waals surface area contributed by atoms with E-state index in [1.165, 1.54) is 20.2 Å². The third-order valence-corrected chi connectivity index (χ3v) is 2.77. The van der Waals surface area contributed by atoms with Gasteiger partial charge in [-0.3, -0.25) is 19.1 Å². The van der Waals surface area contributed by atoms with Crippen LogP contribution in [0.5, 0.6) is 0 Å². The average molecular weight is 437 g/mol. The van der Waals surface area contributed by atoms with Gasteiger partial charge in [0.25, 0.3) is 5.91 Å². The fraction of sp³-hybridized carbons (Fsp3) is 0.357. The summed E-state index contributed by atoms with van der Waals surface area (Å²) in [5, 5.41) is 1.15. The summed E-state index contributed by atoms with van der Waals surface area (Å²) in [6.07, 6.45) is 6.23. The number of hydroxylamine groups is 2. The number of hydrogen-bond donors (Lipinski definition) is 0. The number of rotatable bonds is 3. The molecule has 0 N–H and O–H groups in total. The Labute approximate surface area is 175 Å². The van der Waals surface area contributed by atoms with Crippen molar-refractivity contribution in [1.82, 2.24) is 24.2 Å². The topological polar surface area (TPSA) is 82.2 Å². The van der Waals surface area contributed by atoms with Crippen LogP contribution in [0.4, 0.5) is 4.70 Å². The van der Waals surface area contributed by atoms with Gasteiger partial charge in [0, 0.05) is 29.5 Å². The second-order valence-electron chi connectivity index (χ2n) is 4.32. The van der Waals surface area contributed by atoms with E-state index in [1.807, 2.05) is 0 Å². The molecule has 1 amide bonds. The number of hydrogen-bond acceptors (Lipinski definition) is 5. The van der Waals surface area contributed by atoms with E-state index in [0.717, 1.165) is 5.06 Å². The van der Waals surface area contributed by atoms with Crippen molar-refractivity contribution in [3.8, 4) is 0 Å². The van der Waals surface area contributed by atoms with Crippen LogP contribution in [0.25, 0.3) is 0 Å². The minimum atomic E-state index is -0.211. The molecule has 0 aliphatic heterocycles. The molecule has 0 radical (unpaired) electrons. The molecule has 0 spiro atoms. The number of carbonyl (C=O) groups is 2. The molecule has 8 nitrogen and oxygen atoms in total. The smallest absolute Gasteiger partial charge is 1.00 e. The van der Waals surface area contributed by atoms with E-state index in [0.29, 0.717) is 11.4 Å². The van der Waals surface area contributed by atoms with Crippen molar-refractivity contribution in [2.45, 2.75) is 6.92 Å². The predicted octanol–water partition coefficient (Wildman–Crippen LogP) is -1.85. The molecule has 0 unspecified atom stereocenters. The fourth-order valence-electron chi connectivity index (χ4n) is 1.50. The van der Waals surface area contributed by atoms with Gasteiger partial charge >= 0.3 is 23.1 Å². The van der Waals surface area contributed by atoms with Gasteiger partial charge in [0.05, 0.1) is 32.2 Å². The molecule has 0 aliphatic rings. The molecule has 0 saturated heterocycles. The number of amides is 1. The number of nitrogens with zero attached hydrogens (tertiary/aromatic N) is 5. The Hall–Kier alpha value is -1.30. The van der Waals surface area contributed by atoms with Crippen LogP contribution in [0.2, 0.25) is 0 Å². The summed E-state index contributed by atoms with van der Waals surface area (Å²) in [4.78, 5) is 34.4. The van der Waals surface area contributed by atoms with Gasteiger partial charge in [-0.1, -0.05) is 0 Å². The SMILES string of the molecule is CC(=O)c1cncn1C.CON(C)C(=O)c1cncn1C.F.[3HH].[Br-].[CH3-].[Mg+2]. The van der Waals surface area contributed by atoms with Crippen molar-refractivity contribution in [3.05, 3.63) is 43.9 Å². The molecule has 11 heteroatoms. The third-order valence-electron chi connectivity index (χ3n) is 2.77. The van der Waals surface area contributed by atoms with Crippen molar-refractivity contribution in [2.24, 2.45) is 14.1 Å². The number of aryl methyl sites for hydroxylation is 2. The van der Waals surface area contributed by atoms with Gasteiger partial charge in [-0.2, -0.15) is 0 Å². The minimum Gasteiger partial charge on any atom is -1.00 e. The summed E-state index contributed by atoms with van der Waals surface area (Å²) in [7, 11) is 6.54. The summed E-state index contributed by atoms with van der Waals surface area (Å²) in [6.45, 7) is 1.52. The quantitative estimate of drug-likeness (QED) is 0.244. The molecular weight excluding hydrogens is 409 g/mol. The van der Waals surface area contributed by atoms with Gasteiger partial charge < -0.3 is 33.5 Å². The molecule has 0 atom stereocenters. The Balaban J connectivity index is -0.0000000971. The van der Waals surface area contributed by atoms with Crippen LogP contribution in [-0.2, 0) is 18.9 Å². The van der Waals surface area contributed by atoms with Crippen molar-refractivity contribution in [3.63, 3.8) is 0 Å². The minimum absolute atomic E-state index is 0. The van der Waals surface area contributed by atoms with Gasteiger partial charge in [-0.15, -0.1) is 0 Å². The first-order valence-electron chi connectivity index (χ1n) is 6.14. The second kappa shape index (κ2) is 15.0. The normalized spacial score (nSPS) is 8.20. The van der Waals surface area contributed by atoms with Crippen LogP contribution in [-0.4, -0.2) is 73.1 Å². The van der Waals surface area contributed by atoms with Crippen LogP contribution >= 0.6 is 0 Å². The average Bonchev–Trinajstić information content (AvgIpc) is 3.06. The van der Waals surface area contributed by atoms with Crippen LogP contribution in [0.3, 0.4) is 0 Å². The maximum Gasteiger partial charge on any atom is 2.00 e. The van der Waals surface area contributed by atoms with E-state index in [9.17, 15) is 9.59 Å². The Morgan fingerprint density at radius 3 is 1.76 bits per heavy atom. The van der Waals surface area contributed by atoms with Crippen molar-refractivity contribution in [2.75, 3.05) is 14.2 Å². The zero-order valence-corrected chi connectivity index (χ0v) is 18.3. The maximum atomic E-state index is 11.4. The maximum absolute atomic E-state index is 11.4. The Bertz CT molecular complexity index is 642. The Morgan fingerprint density at radius 1 is 1.12 bits per heavy atom. The number of Topliss-reactive ketones (excluding diaryl/α,β-unsaturated/α-hetero) is 1. The van der Waals surface area contributed by atoms with Crippen molar-refractivity contribution < 1.29 is 37.5 Å². The molecule has 140 valence electrons. The third kappa shape index (κ3) is 9.09. The molecular formula is C14H25BrFMgN5O3. The van der Waals surface area contributed by atoms with E-state index in [4.69, 9.17) is 4.84 Å². The first-order valence-corrected chi connectivity index (χ1v) is 6.14. The van der Waals surface area contributed by atoms with E-state index in [2.05, 4.69) is 9.97 Å². The van der Waals surface area contributed by atoms with Gasteiger partial charge in [0.1, 0.15) is 11.4 Å². The molecule has 0 aromatic carbocycles. The standard InChI is InChI=1S/C7H11N3O2.C6H8N2O.CH3.BrH.FH.Mg.H2/c1-9-5-8-4-6(9)7(11)10(2)12-3;1-5(9)6-3-7-4-8(6)2;;;;;/h4-5H,1-3H3;3-4H,1-2H3;1H3;2*1H;;1H/q;;-1;;;+2;/p-1/i;;;;;;1+2. The zero-order valence-electron chi connectivity index (χ0n) is 15.3. The second-order valence-corrected chi connectivity index (χ2v) is 4.32. The van der Waals surface area contributed by atoms with Gasteiger partial charge in [0.2, 0.25) is 0 Å².